The summed E-state index contributed by atoms with van der Waals surface area (Å²) in [6, 6.07) is 17.2. The van der Waals surface area contributed by atoms with Gasteiger partial charge in [0, 0.05) is 23.4 Å². The van der Waals surface area contributed by atoms with E-state index in [0.717, 1.165) is 12.8 Å². The van der Waals surface area contributed by atoms with E-state index in [2.05, 4.69) is 22.4 Å². The van der Waals surface area contributed by atoms with Gasteiger partial charge in [0.15, 0.2) is 0 Å². The Balaban J connectivity index is 1.74. The van der Waals surface area contributed by atoms with E-state index in [1.165, 1.54) is 28.3 Å². The molecular formula is C24H26FN3O2. The highest BCUT2D eigenvalue weighted by Crippen LogP contribution is 2.17. The number of aromatic nitrogens is 2. The van der Waals surface area contributed by atoms with Gasteiger partial charge in [-0.15, -0.1) is 0 Å². The molecule has 0 aliphatic rings. The average Bonchev–Trinajstić information content (AvgIpc) is 2.75. The molecule has 0 aliphatic carbocycles. The number of carbonyl (C=O) groups excluding carboxylic acids is 1. The molecule has 1 N–H and O–H groups in total. The summed E-state index contributed by atoms with van der Waals surface area (Å²) in [6.07, 6.45) is 2.24. The first-order valence-electron chi connectivity index (χ1n) is 10.2. The van der Waals surface area contributed by atoms with Crippen LogP contribution in [0, 0.1) is 5.82 Å². The monoisotopic (exact) mass is 407 g/mol. The second-order valence-electron chi connectivity index (χ2n) is 7.35. The topological polar surface area (TPSA) is 64.0 Å². The molecule has 0 saturated carbocycles. The minimum Gasteiger partial charge on any atom is -0.352 e. The van der Waals surface area contributed by atoms with Gasteiger partial charge in [0.1, 0.15) is 18.2 Å². The lowest BCUT2D eigenvalue weighted by Gasteiger charge is -2.17. The van der Waals surface area contributed by atoms with Gasteiger partial charge in [0.2, 0.25) is 5.91 Å². The number of nitrogens with one attached hydrogen (secondary N) is 1. The SMILES string of the molecule is CCc1cc(=O)n(CC(=O)NC(C)CCc2ccccc2)c(-c2ccc(F)cc2)n1. The number of nitrogens with zero attached hydrogens (tertiary/aromatic N) is 2. The molecule has 30 heavy (non-hydrogen) atoms. The van der Waals surface area contributed by atoms with Gasteiger partial charge in [0.05, 0.1) is 0 Å². The van der Waals surface area contributed by atoms with E-state index < -0.39 is 0 Å². The molecule has 1 unspecified atom stereocenters. The third-order valence-electron chi connectivity index (χ3n) is 4.94. The first-order valence-corrected chi connectivity index (χ1v) is 10.2. The highest BCUT2D eigenvalue weighted by Gasteiger charge is 2.15. The van der Waals surface area contributed by atoms with E-state index in [4.69, 9.17) is 0 Å². The van der Waals surface area contributed by atoms with E-state index in [0.29, 0.717) is 23.5 Å². The lowest BCUT2D eigenvalue weighted by atomic mass is 10.1. The number of aryl methyl sites for hydroxylation is 2. The summed E-state index contributed by atoms with van der Waals surface area (Å²) in [7, 11) is 0. The van der Waals surface area contributed by atoms with Crippen LogP contribution in [0.15, 0.2) is 65.5 Å². The molecule has 6 heteroatoms. The van der Waals surface area contributed by atoms with Crippen LogP contribution in [0.25, 0.3) is 11.4 Å². The Bertz CT molecular complexity index is 1050. The third-order valence-corrected chi connectivity index (χ3v) is 4.94. The van der Waals surface area contributed by atoms with Gasteiger partial charge in [-0.3, -0.25) is 14.2 Å². The predicted octanol–water partition coefficient (Wildman–Crippen LogP) is 3.75. The Kier molecular flexibility index (Phi) is 7.12. The first-order chi connectivity index (χ1) is 14.5. The number of carbonyl (C=O) groups is 1. The van der Waals surface area contributed by atoms with Gasteiger partial charge in [0.25, 0.3) is 5.56 Å². The molecule has 1 atom stereocenters. The average molecular weight is 407 g/mol. The summed E-state index contributed by atoms with van der Waals surface area (Å²) in [4.78, 5) is 29.8. The molecule has 1 aromatic heterocycles. The molecule has 0 bridgehead atoms. The van der Waals surface area contributed by atoms with E-state index in [-0.39, 0.29) is 29.9 Å². The molecule has 0 fully saturated rings. The van der Waals surface area contributed by atoms with Crippen LogP contribution in [0.5, 0.6) is 0 Å². The summed E-state index contributed by atoms with van der Waals surface area (Å²) in [5.41, 5.74) is 2.14. The molecule has 156 valence electrons. The summed E-state index contributed by atoms with van der Waals surface area (Å²) in [5, 5.41) is 2.96. The molecular weight excluding hydrogens is 381 g/mol. The summed E-state index contributed by atoms with van der Waals surface area (Å²) < 4.78 is 14.7. The highest BCUT2D eigenvalue weighted by molar-refractivity contribution is 5.76. The van der Waals surface area contributed by atoms with Crippen LogP contribution < -0.4 is 10.9 Å². The maximum atomic E-state index is 13.3. The first kappa shape index (κ1) is 21.4. The minimum atomic E-state index is -0.371. The third kappa shape index (κ3) is 5.63. The van der Waals surface area contributed by atoms with Crippen molar-refractivity contribution in [3.05, 3.63) is 88.1 Å². The Morgan fingerprint density at radius 2 is 1.83 bits per heavy atom. The van der Waals surface area contributed by atoms with Crippen molar-refractivity contribution in [2.24, 2.45) is 0 Å². The standard InChI is InChI=1S/C24H26FN3O2/c1-3-21-15-23(30)28(24(27-21)19-11-13-20(25)14-12-19)16-22(29)26-17(2)9-10-18-7-5-4-6-8-18/h4-8,11-15,17H,3,9-10,16H2,1-2H3,(H,26,29). The maximum Gasteiger partial charge on any atom is 0.254 e. The van der Waals surface area contributed by atoms with Gasteiger partial charge < -0.3 is 5.32 Å². The zero-order chi connectivity index (χ0) is 21.5. The zero-order valence-electron chi connectivity index (χ0n) is 17.3. The summed E-state index contributed by atoms with van der Waals surface area (Å²) >= 11 is 0. The Morgan fingerprint density at radius 3 is 2.50 bits per heavy atom. The zero-order valence-corrected chi connectivity index (χ0v) is 17.3. The van der Waals surface area contributed by atoms with E-state index >= 15 is 0 Å². The molecule has 1 heterocycles. The number of halogens is 1. The van der Waals surface area contributed by atoms with Crippen LogP contribution in [-0.2, 0) is 24.2 Å². The van der Waals surface area contributed by atoms with E-state index in [1.54, 1.807) is 12.1 Å². The molecule has 0 aliphatic heterocycles. The van der Waals surface area contributed by atoms with Crippen molar-refractivity contribution in [1.82, 2.24) is 14.9 Å². The van der Waals surface area contributed by atoms with Crippen molar-refractivity contribution in [1.29, 1.82) is 0 Å². The molecule has 0 spiro atoms. The van der Waals surface area contributed by atoms with Gasteiger partial charge in [-0.2, -0.15) is 0 Å². The van der Waals surface area contributed by atoms with Crippen molar-refractivity contribution in [2.45, 2.75) is 45.7 Å². The molecule has 0 saturated heterocycles. The second-order valence-corrected chi connectivity index (χ2v) is 7.35. The van der Waals surface area contributed by atoms with Crippen molar-refractivity contribution in [3.63, 3.8) is 0 Å². The number of amides is 1. The Hall–Kier alpha value is -3.28. The van der Waals surface area contributed by atoms with Crippen LogP contribution in [0.1, 0.15) is 31.5 Å². The van der Waals surface area contributed by atoms with Crippen LogP contribution in [0.4, 0.5) is 4.39 Å². The quantitative estimate of drug-likeness (QED) is 0.619. The molecule has 3 aromatic rings. The highest BCUT2D eigenvalue weighted by atomic mass is 19.1. The molecule has 1 amide bonds. The fourth-order valence-electron chi connectivity index (χ4n) is 3.27. The van der Waals surface area contributed by atoms with Crippen LogP contribution in [-0.4, -0.2) is 21.5 Å². The molecule has 2 aromatic carbocycles. The molecule has 0 radical (unpaired) electrons. The van der Waals surface area contributed by atoms with Gasteiger partial charge in [-0.25, -0.2) is 9.37 Å². The number of hydrogen-bond donors (Lipinski definition) is 1. The van der Waals surface area contributed by atoms with Crippen molar-refractivity contribution < 1.29 is 9.18 Å². The summed E-state index contributed by atoms with van der Waals surface area (Å²) in [6.45, 7) is 3.71. The van der Waals surface area contributed by atoms with E-state index in [1.807, 2.05) is 32.0 Å². The Morgan fingerprint density at radius 1 is 1.13 bits per heavy atom. The van der Waals surface area contributed by atoms with Crippen molar-refractivity contribution >= 4 is 5.91 Å². The largest absolute Gasteiger partial charge is 0.352 e. The molecule has 5 nitrogen and oxygen atoms in total. The lowest BCUT2D eigenvalue weighted by Crippen LogP contribution is -2.38. The number of benzene rings is 2. The Labute approximate surface area is 175 Å². The predicted molar refractivity (Wildman–Crippen MR) is 116 cm³/mol. The van der Waals surface area contributed by atoms with Crippen LogP contribution >= 0.6 is 0 Å². The van der Waals surface area contributed by atoms with Crippen LogP contribution in [0.3, 0.4) is 0 Å². The number of hydrogen-bond acceptors (Lipinski definition) is 3. The summed E-state index contributed by atoms with van der Waals surface area (Å²) in [5.74, 6) is -0.261. The lowest BCUT2D eigenvalue weighted by molar-refractivity contribution is -0.122. The normalized spacial score (nSPS) is 11.8. The van der Waals surface area contributed by atoms with Crippen molar-refractivity contribution in [2.75, 3.05) is 0 Å². The van der Waals surface area contributed by atoms with Crippen molar-refractivity contribution in [3.8, 4) is 11.4 Å². The van der Waals surface area contributed by atoms with Gasteiger partial charge >= 0.3 is 0 Å². The van der Waals surface area contributed by atoms with Crippen LogP contribution in [0.2, 0.25) is 0 Å². The fourth-order valence-corrected chi connectivity index (χ4v) is 3.27. The molecule has 3 rings (SSSR count). The fraction of sp³-hybridized carbons (Fsp3) is 0.292. The second kappa shape index (κ2) is 9.96. The van der Waals surface area contributed by atoms with E-state index in [9.17, 15) is 14.0 Å². The smallest absolute Gasteiger partial charge is 0.254 e. The maximum absolute atomic E-state index is 13.3. The number of rotatable bonds is 8. The van der Waals surface area contributed by atoms with Gasteiger partial charge in [-0.05, 0) is 56.0 Å². The van der Waals surface area contributed by atoms with Gasteiger partial charge in [-0.1, -0.05) is 37.3 Å². The minimum absolute atomic E-state index is 0.0365.